The van der Waals surface area contributed by atoms with Crippen molar-refractivity contribution in [2.45, 2.75) is 26.2 Å². The molecule has 0 radical (unpaired) electrons. The number of hydrogen-bond donors (Lipinski definition) is 1. The fraction of sp³-hybridized carbons (Fsp3) is 0.750. The molecular weight excluding hydrogens is 254 g/mol. The van der Waals surface area contributed by atoms with Gasteiger partial charge in [-0.2, -0.15) is 0 Å². The summed E-state index contributed by atoms with van der Waals surface area (Å²) >= 11 is 0. The molecule has 0 bridgehead atoms. The van der Waals surface area contributed by atoms with Crippen molar-refractivity contribution in [1.82, 2.24) is 5.32 Å². The Bertz CT molecular complexity index is 338. The first-order valence-corrected chi connectivity index (χ1v) is 7.99. The monoisotopic (exact) mass is 277 g/mol. The third kappa shape index (κ3) is 10.3. The molecule has 106 valence electrons. The van der Waals surface area contributed by atoms with Gasteiger partial charge in [-0.15, -0.1) is 6.58 Å². The van der Waals surface area contributed by atoms with Crippen molar-refractivity contribution in [1.29, 1.82) is 0 Å². The summed E-state index contributed by atoms with van der Waals surface area (Å²) in [4.78, 5) is 11.3. The van der Waals surface area contributed by atoms with Crippen LogP contribution < -0.4 is 5.32 Å². The molecule has 0 aliphatic heterocycles. The van der Waals surface area contributed by atoms with E-state index in [9.17, 15) is 13.2 Å². The van der Waals surface area contributed by atoms with Crippen molar-refractivity contribution in [3.63, 3.8) is 0 Å². The molecule has 5 nitrogen and oxygen atoms in total. The Morgan fingerprint density at radius 3 is 2.61 bits per heavy atom. The molecule has 0 aromatic carbocycles. The highest BCUT2D eigenvalue weighted by Crippen LogP contribution is 1.91. The lowest BCUT2D eigenvalue weighted by Crippen LogP contribution is -2.32. The van der Waals surface area contributed by atoms with Crippen molar-refractivity contribution in [3.8, 4) is 0 Å². The molecule has 0 saturated carbocycles. The Labute approximate surface area is 110 Å². The summed E-state index contributed by atoms with van der Waals surface area (Å²) < 4.78 is 27.9. The average Bonchev–Trinajstić information content (AvgIpc) is 2.27. The first-order valence-electron chi connectivity index (χ1n) is 6.17. The summed E-state index contributed by atoms with van der Waals surface area (Å²) in [6.07, 6.45) is 4.10. The maximum atomic E-state index is 11.3. The van der Waals surface area contributed by atoms with Crippen LogP contribution in [0.4, 0.5) is 0 Å². The predicted octanol–water partition coefficient (Wildman–Crippen LogP) is 0.910. The molecular formula is C12H23NO4S. The average molecular weight is 277 g/mol. The van der Waals surface area contributed by atoms with Crippen molar-refractivity contribution >= 4 is 15.7 Å². The largest absolute Gasteiger partial charge is 0.381 e. The second kappa shape index (κ2) is 10.1. The minimum atomic E-state index is -3.35. The lowest BCUT2D eigenvalue weighted by Gasteiger charge is -2.06. The highest BCUT2D eigenvalue weighted by molar-refractivity contribution is 7.92. The van der Waals surface area contributed by atoms with Gasteiger partial charge in [-0.05, 0) is 12.8 Å². The van der Waals surface area contributed by atoms with Crippen LogP contribution >= 0.6 is 0 Å². The Balaban J connectivity index is 3.57. The van der Waals surface area contributed by atoms with Gasteiger partial charge in [0.15, 0.2) is 9.84 Å². The molecule has 0 aliphatic rings. The van der Waals surface area contributed by atoms with Crippen LogP contribution in [0, 0.1) is 0 Å². The van der Waals surface area contributed by atoms with E-state index in [4.69, 9.17) is 4.74 Å². The van der Waals surface area contributed by atoms with Gasteiger partial charge in [-0.3, -0.25) is 4.79 Å². The molecule has 0 aromatic heterocycles. The van der Waals surface area contributed by atoms with Gasteiger partial charge in [-0.1, -0.05) is 19.4 Å². The van der Waals surface area contributed by atoms with Crippen molar-refractivity contribution in [2.75, 3.05) is 31.3 Å². The zero-order valence-electron chi connectivity index (χ0n) is 11.0. The smallest absolute Gasteiger partial charge is 0.235 e. The molecule has 0 aliphatic carbocycles. The number of carbonyl (C=O) groups is 1. The minimum Gasteiger partial charge on any atom is -0.381 e. The second-order valence-corrected chi connectivity index (χ2v) is 6.12. The molecule has 0 atom stereocenters. The van der Waals surface area contributed by atoms with E-state index in [1.807, 2.05) is 0 Å². The first kappa shape index (κ1) is 17.1. The summed E-state index contributed by atoms with van der Waals surface area (Å²) in [5, 5.41) is 2.56. The third-order valence-corrected chi connectivity index (χ3v) is 3.60. The quantitative estimate of drug-likeness (QED) is 0.450. The van der Waals surface area contributed by atoms with E-state index in [1.165, 1.54) is 6.08 Å². The standard InChI is InChI=1S/C12H23NO4S/c1-3-5-8-17-9-6-7-13-12(14)11-18(15,16)10-4-2/h4H,2-3,5-11H2,1H3,(H,13,14). The first-order chi connectivity index (χ1) is 8.52. The molecule has 0 spiro atoms. The van der Waals surface area contributed by atoms with Crippen molar-refractivity contribution in [2.24, 2.45) is 0 Å². The van der Waals surface area contributed by atoms with Crippen LogP contribution in [0.25, 0.3) is 0 Å². The van der Waals surface area contributed by atoms with Crippen LogP contribution in [0.15, 0.2) is 12.7 Å². The Morgan fingerprint density at radius 2 is 2.00 bits per heavy atom. The zero-order valence-corrected chi connectivity index (χ0v) is 11.8. The molecule has 0 rings (SSSR count). The van der Waals surface area contributed by atoms with Crippen LogP contribution in [0.2, 0.25) is 0 Å². The van der Waals surface area contributed by atoms with Gasteiger partial charge < -0.3 is 10.1 Å². The second-order valence-electron chi connectivity index (χ2n) is 4.01. The van der Waals surface area contributed by atoms with E-state index in [2.05, 4.69) is 18.8 Å². The molecule has 0 saturated heterocycles. The van der Waals surface area contributed by atoms with Gasteiger partial charge in [0.1, 0.15) is 5.75 Å². The summed E-state index contributed by atoms with van der Waals surface area (Å²) in [5.41, 5.74) is 0. The molecule has 1 N–H and O–H groups in total. The Morgan fingerprint density at radius 1 is 1.33 bits per heavy atom. The van der Waals surface area contributed by atoms with Crippen LogP contribution in [0.3, 0.4) is 0 Å². The summed E-state index contributed by atoms with van der Waals surface area (Å²) in [6.45, 7) is 7.18. The number of unbranched alkanes of at least 4 members (excludes halogenated alkanes) is 1. The van der Waals surface area contributed by atoms with Gasteiger partial charge in [0.25, 0.3) is 0 Å². The highest BCUT2D eigenvalue weighted by atomic mass is 32.2. The van der Waals surface area contributed by atoms with Crippen molar-refractivity contribution < 1.29 is 17.9 Å². The number of ether oxygens (including phenoxy) is 1. The molecule has 0 aromatic rings. The molecule has 1 amide bonds. The maximum Gasteiger partial charge on any atom is 0.235 e. The normalized spacial score (nSPS) is 11.2. The van der Waals surface area contributed by atoms with E-state index in [1.54, 1.807) is 0 Å². The molecule has 0 fully saturated rings. The highest BCUT2D eigenvalue weighted by Gasteiger charge is 2.14. The van der Waals surface area contributed by atoms with Crippen LogP contribution in [-0.2, 0) is 19.4 Å². The lowest BCUT2D eigenvalue weighted by atomic mass is 10.4. The summed E-state index contributed by atoms with van der Waals surface area (Å²) in [7, 11) is -3.35. The molecule has 0 unspecified atom stereocenters. The van der Waals surface area contributed by atoms with E-state index < -0.39 is 21.5 Å². The fourth-order valence-corrected chi connectivity index (χ4v) is 2.22. The number of nitrogens with one attached hydrogen (secondary N) is 1. The van der Waals surface area contributed by atoms with Gasteiger partial charge in [0, 0.05) is 19.8 Å². The van der Waals surface area contributed by atoms with Gasteiger partial charge >= 0.3 is 0 Å². The minimum absolute atomic E-state index is 0.166. The van der Waals surface area contributed by atoms with Crippen LogP contribution in [-0.4, -0.2) is 45.6 Å². The van der Waals surface area contributed by atoms with E-state index in [-0.39, 0.29) is 5.75 Å². The number of rotatable bonds is 11. The Kier molecular flexibility index (Phi) is 9.59. The van der Waals surface area contributed by atoms with Gasteiger partial charge in [0.2, 0.25) is 5.91 Å². The predicted molar refractivity (Wildman–Crippen MR) is 72.2 cm³/mol. The van der Waals surface area contributed by atoms with Crippen molar-refractivity contribution in [3.05, 3.63) is 12.7 Å². The number of hydrogen-bond acceptors (Lipinski definition) is 4. The van der Waals surface area contributed by atoms with E-state index >= 15 is 0 Å². The number of carbonyl (C=O) groups excluding carboxylic acids is 1. The van der Waals surface area contributed by atoms with Gasteiger partial charge in [0.05, 0.1) is 5.75 Å². The number of sulfone groups is 1. The molecule has 18 heavy (non-hydrogen) atoms. The van der Waals surface area contributed by atoms with Crippen LogP contribution in [0.1, 0.15) is 26.2 Å². The SMILES string of the molecule is C=CCS(=O)(=O)CC(=O)NCCCOCCCC. The third-order valence-electron chi connectivity index (χ3n) is 2.15. The van der Waals surface area contributed by atoms with E-state index in [0.29, 0.717) is 19.6 Å². The number of amides is 1. The zero-order chi connectivity index (χ0) is 13.9. The fourth-order valence-electron chi connectivity index (χ4n) is 1.24. The van der Waals surface area contributed by atoms with E-state index in [0.717, 1.165) is 19.4 Å². The summed E-state index contributed by atoms with van der Waals surface area (Å²) in [6, 6.07) is 0. The van der Waals surface area contributed by atoms with Gasteiger partial charge in [-0.25, -0.2) is 8.42 Å². The maximum absolute atomic E-state index is 11.3. The molecule has 6 heteroatoms. The Hall–Kier alpha value is -0.880. The lowest BCUT2D eigenvalue weighted by molar-refractivity contribution is -0.118. The summed E-state index contributed by atoms with van der Waals surface area (Å²) in [5.74, 6) is -1.11. The topological polar surface area (TPSA) is 72.5 Å². The molecule has 0 heterocycles. The van der Waals surface area contributed by atoms with Crippen LogP contribution in [0.5, 0.6) is 0 Å².